The molecule has 33 heavy (non-hydrogen) atoms. The van der Waals surface area contributed by atoms with E-state index in [4.69, 9.17) is 10.00 Å². The van der Waals surface area contributed by atoms with Gasteiger partial charge in [0.1, 0.15) is 5.75 Å². The molecule has 1 aromatic heterocycles. The van der Waals surface area contributed by atoms with E-state index in [9.17, 15) is 4.79 Å². The minimum Gasteiger partial charge on any atom is -0.493 e. The second-order valence-electron chi connectivity index (χ2n) is 8.71. The maximum Gasteiger partial charge on any atom is 0.253 e. The van der Waals surface area contributed by atoms with Gasteiger partial charge in [-0.1, -0.05) is 0 Å². The Balaban J connectivity index is 1.36. The van der Waals surface area contributed by atoms with Crippen molar-refractivity contribution in [2.24, 2.45) is 0 Å². The molecule has 2 aromatic carbocycles. The summed E-state index contributed by atoms with van der Waals surface area (Å²) in [5.74, 6) is 0.836. The number of nitrogens with one attached hydrogen (secondary N) is 2. The first kappa shape index (κ1) is 21.4. The number of anilines is 2. The number of rotatable bonds is 5. The fraction of sp³-hybridized carbons (Fsp3) is 0.385. The van der Waals surface area contributed by atoms with E-state index in [2.05, 4.69) is 38.3 Å². The van der Waals surface area contributed by atoms with Crippen molar-refractivity contribution < 1.29 is 4.74 Å². The van der Waals surface area contributed by atoms with Gasteiger partial charge in [-0.25, -0.2) is 0 Å². The number of hydrogen-bond donors (Lipinski definition) is 2. The zero-order chi connectivity index (χ0) is 22.8. The van der Waals surface area contributed by atoms with Crippen molar-refractivity contribution in [3.8, 4) is 11.8 Å². The minimum absolute atomic E-state index is 0.000305. The molecule has 2 aliphatic heterocycles. The van der Waals surface area contributed by atoms with E-state index >= 15 is 0 Å². The Labute approximate surface area is 193 Å². The molecule has 0 aliphatic carbocycles. The van der Waals surface area contributed by atoms with Crippen LogP contribution < -0.4 is 20.5 Å². The summed E-state index contributed by atoms with van der Waals surface area (Å²) >= 11 is 0. The highest BCUT2D eigenvalue weighted by atomic mass is 16.5. The Bertz CT molecular complexity index is 1250. The first-order valence-electron chi connectivity index (χ1n) is 11.7. The molecule has 1 fully saturated rings. The number of piperazine rings is 1. The van der Waals surface area contributed by atoms with Crippen molar-refractivity contribution in [2.45, 2.75) is 26.3 Å². The second kappa shape index (κ2) is 9.16. The van der Waals surface area contributed by atoms with Gasteiger partial charge in [0.05, 0.1) is 34.8 Å². The van der Waals surface area contributed by atoms with Crippen LogP contribution in [0, 0.1) is 11.3 Å². The van der Waals surface area contributed by atoms with Gasteiger partial charge in [0, 0.05) is 50.5 Å². The first-order valence-corrected chi connectivity index (χ1v) is 11.7. The normalized spacial score (nSPS) is 16.2. The van der Waals surface area contributed by atoms with Crippen LogP contribution in [0.1, 0.15) is 30.0 Å². The van der Waals surface area contributed by atoms with E-state index in [-0.39, 0.29) is 5.56 Å². The van der Waals surface area contributed by atoms with Crippen LogP contribution in [0.5, 0.6) is 5.75 Å². The molecule has 3 heterocycles. The van der Waals surface area contributed by atoms with Gasteiger partial charge < -0.3 is 19.9 Å². The van der Waals surface area contributed by atoms with E-state index in [1.165, 1.54) is 0 Å². The number of pyridine rings is 1. The Hall–Kier alpha value is -3.50. The fourth-order valence-electron chi connectivity index (χ4n) is 4.93. The van der Waals surface area contributed by atoms with Gasteiger partial charge in [-0.3, -0.25) is 9.69 Å². The van der Waals surface area contributed by atoms with E-state index < -0.39 is 0 Å². The number of fused-ring (bicyclic) bond motifs is 3. The lowest BCUT2D eigenvalue weighted by molar-refractivity contribution is 0.249. The van der Waals surface area contributed by atoms with Gasteiger partial charge in [-0.2, -0.15) is 5.26 Å². The van der Waals surface area contributed by atoms with Gasteiger partial charge in [-0.15, -0.1) is 0 Å². The molecular formula is C26H29N5O2. The lowest BCUT2D eigenvalue weighted by Gasteiger charge is -2.36. The number of nitriles is 1. The van der Waals surface area contributed by atoms with E-state index in [1.807, 2.05) is 31.2 Å². The quantitative estimate of drug-likeness (QED) is 0.628. The Morgan fingerprint density at radius 3 is 2.64 bits per heavy atom. The van der Waals surface area contributed by atoms with Crippen molar-refractivity contribution in [3.63, 3.8) is 0 Å². The van der Waals surface area contributed by atoms with Crippen molar-refractivity contribution >= 4 is 22.3 Å². The van der Waals surface area contributed by atoms with E-state index in [0.29, 0.717) is 12.2 Å². The van der Waals surface area contributed by atoms with Crippen LogP contribution in [0.25, 0.3) is 10.9 Å². The number of H-pyrrole nitrogens is 1. The summed E-state index contributed by atoms with van der Waals surface area (Å²) in [5, 5.41) is 13.4. The lowest BCUT2D eigenvalue weighted by Crippen LogP contribution is -2.45. The number of hydrogen-bond acceptors (Lipinski definition) is 6. The van der Waals surface area contributed by atoms with E-state index in [0.717, 1.165) is 91.3 Å². The number of nitrogens with zero attached hydrogens (tertiary/aromatic N) is 3. The van der Waals surface area contributed by atoms with Gasteiger partial charge in [0.25, 0.3) is 5.56 Å². The van der Waals surface area contributed by atoms with E-state index in [1.54, 1.807) is 0 Å². The Kier molecular flexibility index (Phi) is 5.93. The molecule has 2 aliphatic rings. The third kappa shape index (κ3) is 4.27. The molecule has 0 saturated carbocycles. The molecule has 0 bridgehead atoms. The fourth-order valence-corrected chi connectivity index (χ4v) is 4.93. The predicted octanol–water partition coefficient (Wildman–Crippen LogP) is 3.48. The monoisotopic (exact) mass is 443 g/mol. The van der Waals surface area contributed by atoms with Crippen molar-refractivity contribution in [3.05, 3.63) is 63.4 Å². The summed E-state index contributed by atoms with van der Waals surface area (Å²) in [6, 6.07) is 14.2. The molecule has 0 spiro atoms. The maximum atomic E-state index is 12.7. The van der Waals surface area contributed by atoms with Crippen LogP contribution in [-0.2, 0) is 13.0 Å². The summed E-state index contributed by atoms with van der Waals surface area (Å²) < 4.78 is 6.04. The summed E-state index contributed by atoms with van der Waals surface area (Å²) in [4.78, 5) is 20.6. The van der Waals surface area contributed by atoms with Gasteiger partial charge >= 0.3 is 0 Å². The smallest absolute Gasteiger partial charge is 0.253 e. The first-order chi connectivity index (χ1) is 16.2. The van der Waals surface area contributed by atoms with Crippen LogP contribution in [0.4, 0.5) is 11.4 Å². The number of aromatic amines is 1. The zero-order valence-electron chi connectivity index (χ0n) is 19.0. The van der Waals surface area contributed by atoms with Crippen molar-refractivity contribution in [1.82, 2.24) is 9.88 Å². The molecule has 2 N–H and O–H groups in total. The third-order valence-electron chi connectivity index (χ3n) is 6.58. The predicted molar refractivity (Wildman–Crippen MR) is 131 cm³/mol. The van der Waals surface area contributed by atoms with Crippen LogP contribution >= 0.6 is 0 Å². The molecule has 0 amide bonds. The number of aromatic nitrogens is 1. The molecule has 1 saturated heterocycles. The summed E-state index contributed by atoms with van der Waals surface area (Å²) in [6.45, 7) is 8.03. The largest absolute Gasteiger partial charge is 0.493 e. The van der Waals surface area contributed by atoms with Gasteiger partial charge in [0.15, 0.2) is 0 Å². The maximum absolute atomic E-state index is 12.7. The molecule has 0 radical (unpaired) electrons. The van der Waals surface area contributed by atoms with Gasteiger partial charge in [0.2, 0.25) is 0 Å². The molecule has 3 aromatic rings. The third-order valence-corrected chi connectivity index (χ3v) is 6.58. The summed E-state index contributed by atoms with van der Waals surface area (Å²) in [6.07, 6.45) is 1.77. The molecule has 0 atom stereocenters. The average molecular weight is 444 g/mol. The highest BCUT2D eigenvalue weighted by Gasteiger charge is 2.22. The lowest BCUT2D eigenvalue weighted by atomic mass is 9.99. The topological polar surface area (TPSA) is 84.4 Å². The Morgan fingerprint density at radius 2 is 1.91 bits per heavy atom. The summed E-state index contributed by atoms with van der Waals surface area (Å²) in [7, 11) is 0. The summed E-state index contributed by atoms with van der Waals surface area (Å²) in [5.41, 5.74) is 5.60. The van der Waals surface area contributed by atoms with Crippen molar-refractivity contribution in [1.29, 1.82) is 5.26 Å². The minimum atomic E-state index is 0.000305. The zero-order valence-corrected chi connectivity index (χ0v) is 19.0. The molecule has 0 unspecified atom stereocenters. The van der Waals surface area contributed by atoms with Gasteiger partial charge in [-0.05, 0) is 61.7 Å². The Morgan fingerprint density at radius 1 is 1.12 bits per heavy atom. The molecule has 5 rings (SSSR count). The molecule has 7 nitrogen and oxygen atoms in total. The van der Waals surface area contributed by atoms with Crippen LogP contribution in [0.2, 0.25) is 0 Å². The SMILES string of the molecule is CCOc1cc(CN2CCN(c3ccc(C#N)cc3)CC2)cc2[nH]c(=O)c3c(c12)NCCC3. The van der Waals surface area contributed by atoms with Crippen LogP contribution in [-0.4, -0.2) is 49.2 Å². The second-order valence-corrected chi connectivity index (χ2v) is 8.71. The van der Waals surface area contributed by atoms with Crippen LogP contribution in [0.15, 0.2) is 41.2 Å². The average Bonchev–Trinajstić information content (AvgIpc) is 2.85. The number of ether oxygens (including phenoxy) is 1. The number of benzene rings is 2. The standard InChI is InChI=1S/C26H29N5O2/c1-2-33-23-15-19(14-22-24(23)25-21(26(32)29-22)4-3-9-28-25)17-30-10-12-31(13-11-30)20-7-5-18(16-27)6-8-20/h5-8,14-15,28H,2-4,9-13,17H2,1H3,(H,29,32). The van der Waals surface area contributed by atoms with Crippen molar-refractivity contribution in [2.75, 3.05) is 49.5 Å². The highest BCUT2D eigenvalue weighted by Crippen LogP contribution is 2.36. The molecule has 170 valence electrons. The molecular weight excluding hydrogens is 414 g/mol. The van der Waals surface area contributed by atoms with Crippen LogP contribution in [0.3, 0.4) is 0 Å². The molecule has 7 heteroatoms. The highest BCUT2D eigenvalue weighted by molar-refractivity contribution is 5.98.